The predicted molar refractivity (Wildman–Crippen MR) is 106 cm³/mol. The van der Waals surface area contributed by atoms with Crippen molar-refractivity contribution in [2.24, 2.45) is 0 Å². The lowest BCUT2D eigenvalue weighted by atomic mass is 10.1. The van der Waals surface area contributed by atoms with E-state index in [1.54, 1.807) is 48.5 Å². The second kappa shape index (κ2) is 7.80. The molecule has 29 heavy (non-hydrogen) atoms. The number of benzene rings is 2. The molecule has 1 atom stereocenters. The van der Waals surface area contributed by atoms with Crippen molar-refractivity contribution in [2.75, 3.05) is 11.9 Å². The Bertz CT molecular complexity index is 1100. The van der Waals surface area contributed by atoms with Crippen LogP contribution in [0.2, 0.25) is 5.02 Å². The Morgan fingerprint density at radius 1 is 1.14 bits per heavy atom. The molecule has 9 nitrogen and oxygen atoms in total. The summed E-state index contributed by atoms with van der Waals surface area (Å²) in [5.41, 5.74) is 1.18. The SMILES string of the molecule is O=C(NC1CCOC1=O)c1ccc(Nc2nn(-c3ccc(Cl)cc3)c(=O)[nH]2)cc1. The van der Waals surface area contributed by atoms with Gasteiger partial charge in [0.25, 0.3) is 5.91 Å². The molecule has 1 fully saturated rings. The van der Waals surface area contributed by atoms with Gasteiger partial charge in [-0.2, -0.15) is 4.68 Å². The smallest absolute Gasteiger partial charge is 0.349 e. The summed E-state index contributed by atoms with van der Waals surface area (Å²) in [6.07, 6.45) is 0.466. The van der Waals surface area contributed by atoms with Crippen LogP contribution in [-0.4, -0.2) is 39.3 Å². The molecule has 1 saturated heterocycles. The van der Waals surface area contributed by atoms with Crippen LogP contribution in [0.1, 0.15) is 16.8 Å². The van der Waals surface area contributed by atoms with Gasteiger partial charge in [-0.1, -0.05) is 11.6 Å². The molecule has 3 aromatic rings. The lowest BCUT2D eigenvalue weighted by Gasteiger charge is -2.09. The number of rotatable bonds is 5. The van der Waals surface area contributed by atoms with Crippen LogP contribution < -0.4 is 16.3 Å². The number of hydrogen-bond donors (Lipinski definition) is 3. The van der Waals surface area contributed by atoms with E-state index >= 15 is 0 Å². The molecule has 0 saturated carbocycles. The molecule has 0 aliphatic carbocycles. The molecule has 10 heteroatoms. The summed E-state index contributed by atoms with van der Waals surface area (Å²) in [6.45, 7) is 0.313. The van der Waals surface area contributed by atoms with E-state index in [9.17, 15) is 14.4 Å². The molecule has 1 unspecified atom stereocenters. The van der Waals surface area contributed by atoms with E-state index < -0.39 is 17.7 Å². The average Bonchev–Trinajstić information content (AvgIpc) is 3.28. The summed E-state index contributed by atoms with van der Waals surface area (Å²) in [5, 5.41) is 10.4. The van der Waals surface area contributed by atoms with Gasteiger partial charge in [0.15, 0.2) is 0 Å². The van der Waals surface area contributed by atoms with Gasteiger partial charge in [0.05, 0.1) is 12.3 Å². The predicted octanol–water partition coefficient (Wildman–Crippen LogP) is 2.00. The summed E-state index contributed by atoms with van der Waals surface area (Å²) in [7, 11) is 0. The molecule has 0 radical (unpaired) electrons. The Morgan fingerprint density at radius 3 is 2.52 bits per heavy atom. The van der Waals surface area contributed by atoms with E-state index in [1.165, 1.54) is 4.68 Å². The molecule has 1 aromatic heterocycles. The minimum atomic E-state index is -0.609. The minimum Gasteiger partial charge on any atom is -0.464 e. The van der Waals surface area contributed by atoms with Crippen molar-refractivity contribution < 1.29 is 14.3 Å². The Balaban J connectivity index is 1.44. The number of aromatic nitrogens is 3. The van der Waals surface area contributed by atoms with Crippen molar-refractivity contribution in [1.82, 2.24) is 20.1 Å². The highest BCUT2D eigenvalue weighted by Gasteiger charge is 2.28. The van der Waals surface area contributed by atoms with Crippen LogP contribution in [0.3, 0.4) is 0 Å². The summed E-state index contributed by atoms with van der Waals surface area (Å²) < 4.78 is 6.04. The van der Waals surface area contributed by atoms with E-state index in [4.69, 9.17) is 16.3 Å². The van der Waals surface area contributed by atoms with Crippen LogP contribution in [0.4, 0.5) is 11.6 Å². The second-order valence-corrected chi connectivity index (χ2v) is 6.79. The summed E-state index contributed by atoms with van der Waals surface area (Å²) in [4.78, 5) is 38.4. The number of esters is 1. The van der Waals surface area contributed by atoms with Crippen molar-refractivity contribution >= 4 is 35.1 Å². The lowest BCUT2D eigenvalue weighted by molar-refractivity contribution is -0.139. The normalized spacial score (nSPS) is 15.8. The Morgan fingerprint density at radius 2 is 1.86 bits per heavy atom. The average molecular weight is 414 g/mol. The fourth-order valence-electron chi connectivity index (χ4n) is 2.85. The maximum atomic E-state index is 12.2. The van der Waals surface area contributed by atoms with Crippen molar-refractivity contribution in [2.45, 2.75) is 12.5 Å². The second-order valence-electron chi connectivity index (χ2n) is 6.35. The number of amides is 1. The van der Waals surface area contributed by atoms with E-state index in [1.807, 2.05) is 0 Å². The van der Waals surface area contributed by atoms with Crippen LogP contribution in [0, 0.1) is 0 Å². The van der Waals surface area contributed by atoms with Crippen LogP contribution in [0.15, 0.2) is 53.3 Å². The third-order valence-corrected chi connectivity index (χ3v) is 4.59. The quantitative estimate of drug-likeness (QED) is 0.550. The molecule has 1 amide bonds. The zero-order valence-electron chi connectivity index (χ0n) is 15.0. The first-order chi connectivity index (χ1) is 14.0. The highest BCUT2D eigenvalue weighted by Crippen LogP contribution is 2.16. The maximum absolute atomic E-state index is 12.2. The summed E-state index contributed by atoms with van der Waals surface area (Å²) in [5.74, 6) is -0.534. The highest BCUT2D eigenvalue weighted by molar-refractivity contribution is 6.30. The number of cyclic esters (lactones) is 1. The number of anilines is 2. The largest absolute Gasteiger partial charge is 0.464 e. The highest BCUT2D eigenvalue weighted by atomic mass is 35.5. The molecule has 0 spiro atoms. The molecule has 4 rings (SSSR count). The first kappa shape index (κ1) is 18.8. The Hall–Kier alpha value is -3.59. The van der Waals surface area contributed by atoms with E-state index in [-0.39, 0.29) is 11.9 Å². The van der Waals surface area contributed by atoms with Crippen molar-refractivity contribution in [1.29, 1.82) is 0 Å². The van der Waals surface area contributed by atoms with Gasteiger partial charge in [-0.05, 0) is 48.5 Å². The van der Waals surface area contributed by atoms with Gasteiger partial charge < -0.3 is 15.4 Å². The van der Waals surface area contributed by atoms with Gasteiger partial charge in [-0.3, -0.25) is 9.78 Å². The van der Waals surface area contributed by atoms with Gasteiger partial charge in [0.1, 0.15) is 6.04 Å². The molecule has 148 valence electrons. The van der Waals surface area contributed by atoms with Crippen molar-refractivity contribution in [3.63, 3.8) is 0 Å². The third-order valence-electron chi connectivity index (χ3n) is 4.34. The monoisotopic (exact) mass is 413 g/mol. The topological polar surface area (TPSA) is 118 Å². The molecule has 2 heterocycles. The van der Waals surface area contributed by atoms with Gasteiger partial charge in [-0.15, -0.1) is 5.10 Å². The van der Waals surface area contributed by atoms with Crippen LogP contribution in [-0.2, 0) is 9.53 Å². The van der Waals surface area contributed by atoms with Crippen LogP contribution >= 0.6 is 11.6 Å². The van der Waals surface area contributed by atoms with Gasteiger partial charge in [0.2, 0.25) is 5.95 Å². The number of aromatic amines is 1. The van der Waals surface area contributed by atoms with Crippen LogP contribution in [0.5, 0.6) is 0 Å². The number of H-pyrrole nitrogens is 1. The van der Waals surface area contributed by atoms with Crippen LogP contribution in [0.25, 0.3) is 5.69 Å². The minimum absolute atomic E-state index is 0.246. The standard InChI is InChI=1S/C19H16ClN5O4/c20-12-3-7-14(8-4-12)25-19(28)23-18(24-25)21-13-5-1-11(2-6-13)16(26)22-15-9-10-29-17(15)27/h1-8,15H,9-10H2,(H,22,26)(H2,21,23,24,28). The number of hydrogen-bond acceptors (Lipinski definition) is 6. The zero-order valence-corrected chi connectivity index (χ0v) is 15.8. The molecule has 0 bridgehead atoms. The molecular formula is C19H16ClN5O4. The van der Waals surface area contributed by atoms with Gasteiger partial charge >= 0.3 is 11.7 Å². The first-order valence-electron chi connectivity index (χ1n) is 8.79. The fourth-order valence-corrected chi connectivity index (χ4v) is 2.97. The number of carbonyl (C=O) groups excluding carboxylic acids is 2. The number of halogens is 1. The number of nitrogens with zero attached hydrogens (tertiary/aromatic N) is 2. The Kier molecular flexibility index (Phi) is 5.05. The van der Waals surface area contributed by atoms with Gasteiger partial charge in [-0.25, -0.2) is 9.59 Å². The zero-order chi connectivity index (χ0) is 20.4. The number of nitrogens with one attached hydrogen (secondary N) is 3. The number of ether oxygens (including phenoxy) is 1. The van der Waals surface area contributed by atoms with E-state index in [2.05, 4.69) is 20.7 Å². The Labute approximate surface area is 169 Å². The summed E-state index contributed by atoms with van der Waals surface area (Å²) >= 11 is 5.86. The fraction of sp³-hybridized carbons (Fsp3) is 0.158. The molecule has 3 N–H and O–H groups in total. The lowest BCUT2D eigenvalue weighted by Crippen LogP contribution is -2.37. The summed E-state index contributed by atoms with van der Waals surface area (Å²) in [6, 6.07) is 12.6. The first-order valence-corrected chi connectivity index (χ1v) is 9.17. The molecular weight excluding hydrogens is 398 g/mol. The van der Waals surface area contributed by atoms with Crippen molar-refractivity contribution in [3.05, 3.63) is 69.6 Å². The maximum Gasteiger partial charge on any atom is 0.349 e. The van der Waals surface area contributed by atoms with Gasteiger partial charge in [0, 0.05) is 22.7 Å². The molecule has 1 aliphatic rings. The molecule has 1 aliphatic heterocycles. The van der Waals surface area contributed by atoms with Crippen molar-refractivity contribution in [3.8, 4) is 5.69 Å². The van der Waals surface area contributed by atoms with E-state index in [0.29, 0.717) is 35.0 Å². The molecule has 2 aromatic carbocycles. The number of carbonyl (C=O) groups is 2. The third kappa shape index (κ3) is 4.14. The van der Waals surface area contributed by atoms with E-state index in [0.717, 1.165) is 0 Å².